The average Bonchev–Trinajstić information content (AvgIpc) is 3.68. The van der Waals surface area contributed by atoms with Gasteiger partial charge in [-0.1, -0.05) is 159 Å². The van der Waals surface area contributed by atoms with Crippen LogP contribution in [0, 0.1) is 0 Å². The summed E-state index contributed by atoms with van der Waals surface area (Å²) in [7, 11) is 0. The molecule has 0 atom stereocenters. The lowest BCUT2D eigenvalue weighted by molar-refractivity contribution is 0.660. The Morgan fingerprint density at radius 3 is 1.79 bits per heavy atom. The van der Waals surface area contributed by atoms with Crippen molar-refractivity contribution in [3.8, 4) is 39.1 Å². The topological polar surface area (TPSA) is 8.17 Å². The maximum Gasteiger partial charge on any atom is 0.0547 e. The molecule has 0 fully saturated rings. The normalized spacial score (nSPS) is 12.9. The standard InChI is InChI=1S/C51H38N2/c1-51(2)43-25-12-9-22-41(43)50-44(51)26-16-30-48(50)53(45-27-13-10-21-39(45)35-17-5-3-6-18-35)38-33-31-36(32-34-38)40-24-15-29-47-49(40)42-23-11-14-28-46(42)52(47)37-19-7-4-8-20-37/h3-34H,1-2H3. The Morgan fingerprint density at radius 1 is 0.415 bits per heavy atom. The van der Waals surface area contributed by atoms with Gasteiger partial charge in [-0.3, -0.25) is 0 Å². The third kappa shape index (κ3) is 4.87. The molecule has 0 saturated carbocycles. The van der Waals surface area contributed by atoms with Crippen molar-refractivity contribution in [2.45, 2.75) is 19.3 Å². The monoisotopic (exact) mass is 678 g/mol. The van der Waals surface area contributed by atoms with Gasteiger partial charge in [-0.2, -0.15) is 0 Å². The SMILES string of the molecule is CC1(C)c2ccccc2-c2c(N(c3ccc(-c4cccc5c4c4ccccc4n5-c4ccccc4)cc3)c3ccccc3-c3ccccc3)cccc21. The first kappa shape index (κ1) is 31.1. The lowest BCUT2D eigenvalue weighted by Crippen LogP contribution is -2.16. The van der Waals surface area contributed by atoms with E-state index in [0.29, 0.717) is 0 Å². The number of hydrogen-bond acceptors (Lipinski definition) is 1. The summed E-state index contributed by atoms with van der Waals surface area (Å²) in [5, 5.41) is 2.52. The molecule has 1 aliphatic carbocycles. The van der Waals surface area contributed by atoms with Crippen LogP contribution in [0.25, 0.3) is 60.9 Å². The van der Waals surface area contributed by atoms with E-state index in [1.165, 1.54) is 77.7 Å². The summed E-state index contributed by atoms with van der Waals surface area (Å²) >= 11 is 0. The first-order valence-electron chi connectivity index (χ1n) is 18.5. The van der Waals surface area contributed by atoms with E-state index in [4.69, 9.17) is 0 Å². The van der Waals surface area contributed by atoms with E-state index in [0.717, 1.165) is 11.4 Å². The number of fused-ring (bicyclic) bond motifs is 6. The summed E-state index contributed by atoms with van der Waals surface area (Å²) < 4.78 is 2.39. The molecule has 0 bridgehead atoms. The summed E-state index contributed by atoms with van der Waals surface area (Å²) in [5.74, 6) is 0. The van der Waals surface area contributed by atoms with Gasteiger partial charge < -0.3 is 9.47 Å². The zero-order valence-electron chi connectivity index (χ0n) is 29.9. The van der Waals surface area contributed by atoms with Crippen LogP contribution >= 0.6 is 0 Å². The molecule has 53 heavy (non-hydrogen) atoms. The Balaban J connectivity index is 1.18. The fraction of sp³-hybridized carbons (Fsp3) is 0.0588. The Hall–Kier alpha value is -6.64. The van der Waals surface area contributed by atoms with Crippen molar-refractivity contribution >= 4 is 38.9 Å². The minimum absolute atomic E-state index is 0.103. The first-order valence-corrected chi connectivity index (χ1v) is 18.5. The Kier molecular flexibility index (Phi) is 7.19. The molecular formula is C51H38N2. The number of nitrogens with zero attached hydrogens (tertiary/aromatic N) is 2. The maximum atomic E-state index is 2.48. The smallest absolute Gasteiger partial charge is 0.0547 e. The second kappa shape index (κ2) is 12.3. The van der Waals surface area contributed by atoms with E-state index in [9.17, 15) is 0 Å². The summed E-state index contributed by atoms with van der Waals surface area (Å²) in [5.41, 5.74) is 17.1. The van der Waals surface area contributed by atoms with Crippen LogP contribution < -0.4 is 4.90 Å². The molecule has 10 rings (SSSR count). The van der Waals surface area contributed by atoms with Crippen molar-refractivity contribution in [2.24, 2.45) is 0 Å². The van der Waals surface area contributed by atoms with Gasteiger partial charge in [-0.05, 0) is 81.9 Å². The van der Waals surface area contributed by atoms with Crippen LogP contribution in [-0.2, 0) is 5.41 Å². The molecule has 0 saturated heterocycles. The Morgan fingerprint density at radius 2 is 0.981 bits per heavy atom. The molecule has 8 aromatic carbocycles. The van der Waals surface area contributed by atoms with Crippen LogP contribution in [0.3, 0.4) is 0 Å². The van der Waals surface area contributed by atoms with Crippen molar-refractivity contribution in [1.82, 2.24) is 4.57 Å². The molecular weight excluding hydrogens is 641 g/mol. The number of hydrogen-bond donors (Lipinski definition) is 0. The predicted octanol–water partition coefficient (Wildman–Crippen LogP) is 13.9. The molecule has 1 aliphatic rings. The largest absolute Gasteiger partial charge is 0.309 e. The zero-order chi connectivity index (χ0) is 35.5. The zero-order valence-corrected chi connectivity index (χ0v) is 29.9. The highest BCUT2D eigenvalue weighted by Crippen LogP contribution is 2.55. The molecule has 2 heteroatoms. The minimum atomic E-state index is -0.103. The van der Waals surface area contributed by atoms with Crippen LogP contribution in [-0.4, -0.2) is 4.57 Å². The Bertz CT molecular complexity index is 2790. The highest BCUT2D eigenvalue weighted by atomic mass is 15.1. The molecule has 252 valence electrons. The number of benzene rings is 8. The third-order valence-corrected chi connectivity index (χ3v) is 11.2. The Labute approximate surface area is 310 Å². The molecule has 9 aromatic rings. The second-order valence-electron chi connectivity index (χ2n) is 14.5. The molecule has 0 amide bonds. The van der Waals surface area contributed by atoms with E-state index in [2.05, 4.69) is 217 Å². The van der Waals surface area contributed by atoms with Gasteiger partial charge in [-0.25, -0.2) is 0 Å². The maximum absolute atomic E-state index is 2.48. The van der Waals surface area contributed by atoms with Crippen molar-refractivity contribution in [1.29, 1.82) is 0 Å². The lowest BCUT2D eigenvalue weighted by Gasteiger charge is -2.30. The number of para-hydroxylation sites is 3. The van der Waals surface area contributed by atoms with Crippen LogP contribution in [0.15, 0.2) is 194 Å². The van der Waals surface area contributed by atoms with Crippen LogP contribution in [0.4, 0.5) is 17.1 Å². The van der Waals surface area contributed by atoms with Gasteiger partial charge in [0.2, 0.25) is 0 Å². The molecule has 0 spiro atoms. The van der Waals surface area contributed by atoms with Crippen molar-refractivity contribution in [3.63, 3.8) is 0 Å². The summed E-state index contributed by atoms with van der Waals surface area (Å²) in [4.78, 5) is 2.48. The van der Waals surface area contributed by atoms with E-state index in [1.54, 1.807) is 0 Å². The van der Waals surface area contributed by atoms with Crippen LogP contribution in [0.5, 0.6) is 0 Å². The van der Waals surface area contributed by atoms with E-state index in [-0.39, 0.29) is 5.41 Å². The van der Waals surface area contributed by atoms with Gasteiger partial charge in [0.1, 0.15) is 0 Å². The van der Waals surface area contributed by atoms with E-state index >= 15 is 0 Å². The van der Waals surface area contributed by atoms with Gasteiger partial charge in [-0.15, -0.1) is 0 Å². The number of aromatic nitrogens is 1. The highest BCUT2D eigenvalue weighted by molar-refractivity contribution is 6.15. The highest BCUT2D eigenvalue weighted by Gasteiger charge is 2.38. The predicted molar refractivity (Wildman–Crippen MR) is 224 cm³/mol. The minimum Gasteiger partial charge on any atom is -0.309 e. The molecule has 2 nitrogen and oxygen atoms in total. The van der Waals surface area contributed by atoms with Gasteiger partial charge in [0.05, 0.1) is 22.4 Å². The summed E-state index contributed by atoms with van der Waals surface area (Å²) in [6.07, 6.45) is 0. The van der Waals surface area contributed by atoms with Crippen molar-refractivity contribution < 1.29 is 0 Å². The van der Waals surface area contributed by atoms with Gasteiger partial charge in [0.15, 0.2) is 0 Å². The molecule has 0 radical (unpaired) electrons. The van der Waals surface area contributed by atoms with Crippen LogP contribution in [0.2, 0.25) is 0 Å². The van der Waals surface area contributed by atoms with Crippen molar-refractivity contribution in [2.75, 3.05) is 4.90 Å². The fourth-order valence-corrected chi connectivity index (χ4v) is 8.77. The molecule has 1 heterocycles. The molecule has 1 aromatic heterocycles. The average molecular weight is 679 g/mol. The van der Waals surface area contributed by atoms with Gasteiger partial charge in [0, 0.05) is 38.7 Å². The number of rotatable bonds is 6. The second-order valence-corrected chi connectivity index (χ2v) is 14.5. The third-order valence-electron chi connectivity index (χ3n) is 11.2. The number of anilines is 3. The summed E-state index contributed by atoms with van der Waals surface area (Å²) in [6.45, 7) is 4.71. The van der Waals surface area contributed by atoms with Crippen molar-refractivity contribution in [3.05, 3.63) is 205 Å². The first-order chi connectivity index (χ1) is 26.1. The summed E-state index contributed by atoms with van der Waals surface area (Å²) in [6, 6.07) is 70.7. The van der Waals surface area contributed by atoms with Crippen LogP contribution in [0.1, 0.15) is 25.0 Å². The fourth-order valence-electron chi connectivity index (χ4n) is 8.77. The van der Waals surface area contributed by atoms with E-state index < -0.39 is 0 Å². The lowest BCUT2D eigenvalue weighted by atomic mass is 9.82. The van der Waals surface area contributed by atoms with E-state index in [1.807, 2.05) is 0 Å². The quantitative estimate of drug-likeness (QED) is 0.170. The van der Waals surface area contributed by atoms with Gasteiger partial charge in [0.25, 0.3) is 0 Å². The molecule has 0 unspecified atom stereocenters. The molecule has 0 aliphatic heterocycles. The van der Waals surface area contributed by atoms with Gasteiger partial charge >= 0.3 is 0 Å². The molecule has 0 N–H and O–H groups in total.